The molecule has 0 spiro atoms. The number of nitrogens with two attached hydrogens (primary N) is 1. The monoisotopic (exact) mass is 250 g/mol. The van der Waals surface area contributed by atoms with Crippen molar-refractivity contribution in [2.45, 2.75) is 24.8 Å². The lowest BCUT2D eigenvalue weighted by molar-refractivity contribution is 0.238. The number of aryl methyl sites for hydroxylation is 1. The van der Waals surface area contributed by atoms with E-state index in [1.165, 1.54) is 11.1 Å². The first kappa shape index (κ1) is 13.3. The van der Waals surface area contributed by atoms with Crippen LogP contribution in [0.2, 0.25) is 0 Å². The Morgan fingerprint density at radius 3 is 2.94 bits per heavy atom. The summed E-state index contributed by atoms with van der Waals surface area (Å²) in [6, 6.07) is 6.25. The topological polar surface area (TPSA) is 67.5 Å². The number of methoxy groups -OCH3 is 1. The average Bonchev–Trinajstić information content (AvgIpc) is 2.44. The van der Waals surface area contributed by atoms with E-state index in [4.69, 9.17) is 15.6 Å². The third-order valence-corrected chi connectivity index (χ3v) is 3.82. The van der Waals surface area contributed by atoms with Gasteiger partial charge in [-0.1, -0.05) is 6.07 Å². The molecule has 0 aliphatic heterocycles. The quantitative estimate of drug-likeness (QED) is 0.710. The van der Waals surface area contributed by atoms with Gasteiger partial charge >= 0.3 is 0 Å². The molecular weight excluding hydrogens is 228 g/mol. The highest BCUT2D eigenvalue weighted by Crippen LogP contribution is 2.30. The van der Waals surface area contributed by atoms with Gasteiger partial charge < -0.3 is 20.9 Å². The first-order valence-electron chi connectivity index (χ1n) is 6.45. The molecule has 0 amide bonds. The largest absolute Gasteiger partial charge is 0.497 e. The molecule has 100 valence electrons. The fourth-order valence-electron chi connectivity index (χ4n) is 2.68. The van der Waals surface area contributed by atoms with Crippen molar-refractivity contribution < 1.29 is 9.84 Å². The minimum atomic E-state index is -0.0813. The fraction of sp³-hybridized carbons (Fsp3) is 0.571. The highest BCUT2D eigenvalue weighted by molar-refractivity contribution is 5.39. The van der Waals surface area contributed by atoms with E-state index in [1.54, 1.807) is 7.11 Å². The molecule has 0 saturated heterocycles. The molecule has 1 atom stereocenters. The number of hydrogen-bond acceptors (Lipinski definition) is 4. The number of nitrogens with one attached hydrogen (secondary N) is 1. The van der Waals surface area contributed by atoms with Crippen molar-refractivity contribution >= 4 is 0 Å². The Labute approximate surface area is 108 Å². The maximum Gasteiger partial charge on any atom is 0.119 e. The third-order valence-electron chi connectivity index (χ3n) is 3.82. The molecule has 1 aliphatic carbocycles. The Hall–Kier alpha value is -1.10. The normalized spacial score (nSPS) is 22.6. The predicted octanol–water partition coefficient (Wildman–Crippen LogP) is 0.463. The van der Waals surface area contributed by atoms with Crippen LogP contribution in [-0.4, -0.2) is 37.5 Å². The van der Waals surface area contributed by atoms with Crippen LogP contribution in [0.1, 0.15) is 17.5 Å². The second kappa shape index (κ2) is 5.69. The van der Waals surface area contributed by atoms with Crippen molar-refractivity contribution in [2.24, 2.45) is 5.73 Å². The number of ether oxygens (including phenoxy) is 1. The van der Waals surface area contributed by atoms with Crippen LogP contribution in [0.3, 0.4) is 0 Å². The summed E-state index contributed by atoms with van der Waals surface area (Å²) in [6.45, 7) is 1.33. The second-order valence-electron chi connectivity index (χ2n) is 4.95. The van der Waals surface area contributed by atoms with Crippen LogP contribution < -0.4 is 15.8 Å². The van der Waals surface area contributed by atoms with Crippen molar-refractivity contribution in [2.75, 3.05) is 26.8 Å². The van der Waals surface area contributed by atoms with E-state index in [2.05, 4.69) is 17.4 Å². The number of fused-ring (bicyclic) bond motifs is 1. The first-order chi connectivity index (χ1) is 8.73. The minimum Gasteiger partial charge on any atom is -0.497 e. The van der Waals surface area contributed by atoms with Gasteiger partial charge in [-0.15, -0.1) is 0 Å². The molecule has 0 aromatic heterocycles. The van der Waals surface area contributed by atoms with Gasteiger partial charge in [0.25, 0.3) is 0 Å². The zero-order valence-corrected chi connectivity index (χ0v) is 10.9. The highest BCUT2D eigenvalue weighted by atomic mass is 16.5. The van der Waals surface area contributed by atoms with Crippen molar-refractivity contribution in [3.8, 4) is 5.75 Å². The predicted molar refractivity (Wildman–Crippen MR) is 71.9 cm³/mol. The molecule has 18 heavy (non-hydrogen) atoms. The fourth-order valence-corrected chi connectivity index (χ4v) is 2.68. The van der Waals surface area contributed by atoms with Crippen LogP contribution in [0, 0.1) is 0 Å². The van der Waals surface area contributed by atoms with Gasteiger partial charge in [-0.2, -0.15) is 0 Å². The Morgan fingerprint density at radius 2 is 2.28 bits per heavy atom. The van der Waals surface area contributed by atoms with Crippen LogP contribution in [0.15, 0.2) is 18.2 Å². The smallest absolute Gasteiger partial charge is 0.119 e. The van der Waals surface area contributed by atoms with E-state index in [0.717, 1.165) is 25.0 Å². The van der Waals surface area contributed by atoms with Crippen LogP contribution in [-0.2, 0) is 12.8 Å². The van der Waals surface area contributed by atoms with Crippen molar-refractivity contribution in [3.05, 3.63) is 29.3 Å². The summed E-state index contributed by atoms with van der Waals surface area (Å²) in [5, 5.41) is 12.4. The Kier molecular flexibility index (Phi) is 4.22. The summed E-state index contributed by atoms with van der Waals surface area (Å²) < 4.78 is 5.27. The standard InChI is InChI=1S/C14H22N2O2/c1-18-13-3-2-11-4-5-14(10-15,16-6-7-17)9-12(11)8-13/h2-3,8,16-17H,4-7,9-10,15H2,1H3. The van der Waals surface area contributed by atoms with E-state index in [1.807, 2.05) is 6.07 Å². The van der Waals surface area contributed by atoms with Crippen LogP contribution >= 0.6 is 0 Å². The molecule has 1 aromatic rings. The van der Waals surface area contributed by atoms with E-state index in [9.17, 15) is 0 Å². The zero-order valence-electron chi connectivity index (χ0n) is 10.9. The van der Waals surface area contributed by atoms with Gasteiger partial charge in [-0.25, -0.2) is 0 Å². The van der Waals surface area contributed by atoms with Gasteiger partial charge in [-0.05, 0) is 42.5 Å². The van der Waals surface area contributed by atoms with Gasteiger partial charge in [-0.3, -0.25) is 0 Å². The van der Waals surface area contributed by atoms with Gasteiger partial charge in [0.2, 0.25) is 0 Å². The summed E-state index contributed by atoms with van der Waals surface area (Å²) in [6.07, 6.45) is 2.94. The van der Waals surface area contributed by atoms with E-state index >= 15 is 0 Å². The zero-order chi connectivity index (χ0) is 13.0. The Balaban J connectivity index is 2.20. The van der Waals surface area contributed by atoms with E-state index in [0.29, 0.717) is 13.1 Å². The lowest BCUT2D eigenvalue weighted by Gasteiger charge is -2.38. The Bertz CT molecular complexity index is 409. The van der Waals surface area contributed by atoms with Gasteiger partial charge in [0.1, 0.15) is 5.75 Å². The summed E-state index contributed by atoms with van der Waals surface area (Å²) in [4.78, 5) is 0. The number of rotatable bonds is 5. The molecule has 4 nitrogen and oxygen atoms in total. The summed E-state index contributed by atoms with van der Waals surface area (Å²) in [5.74, 6) is 0.892. The van der Waals surface area contributed by atoms with Crippen LogP contribution in [0.25, 0.3) is 0 Å². The molecule has 0 bridgehead atoms. The maximum atomic E-state index is 8.96. The SMILES string of the molecule is COc1ccc2c(c1)CC(CN)(NCCO)CC2. The van der Waals surface area contributed by atoms with Crippen LogP contribution in [0.4, 0.5) is 0 Å². The van der Waals surface area contributed by atoms with E-state index < -0.39 is 0 Å². The van der Waals surface area contributed by atoms with Crippen LogP contribution in [0.5, 0.6) is 5.75 Å². The van der Waals surface area contributed by atoms with Crippen molar-refractivity contribution in [1.82, 2.24) is 5.32 Å². The van der Waals surface area contributed by atoms with E-state index in [-0.39, 0.29) is 12.1 Å². The summed E-state index contributed by atoms with van der Waals surface area (Å²) >= 11 is 0. The number of aliphatic hydroxyl groups is 1. The first-order valence-corrected chi connectivity index (χ1v) is 6.45. The molecule has 4 heteroatoms. The number of benzene rings is 1. The maximum absolute atomic E-state index is 8.96. The summed E-state index contributed by atoms with van der Waals surface area (Å²) in [5.41, 5.74) is 8.53. The van der Waals surface area contributed by atoms with Gasteiger partial charge in [0.15, 0.2) is 0 Å². The number of β-amino-alcohol motifs (C(OH)–C–C–N with tert-alkyl or cyclic N) is 1. The molecule has 4 N–H and O–H groups in total. The molecule has 0 heterocycles. The summed E-state index contributed by atoms with van der Waals surface area (Å²) in [7, 11) is 1.69. The third kappa shape index (κ3) is 2.66. The number of hydrogen-bond donors (Lipinski definition) is 3. The molecule has 1 aliphatic rings. The molecule has 1 unspecified atom stereocenters. The Morgan fingerprint density at radius 1 is 1.44 bits per heavy atom. The molecule has 0 radical (unpaired) electrons. The molecule has 0 saturated carbocycles. The lowest BCUT2D eigenvalue weighted by Crippen LogP contribution is -2.55. The van der Waals surface area contributed by atoms with Crippen molar-refractivity contribution in [1.29, 1.82) is 0 Å². The number of aliphatic hydroxyl groups excluding tert-OH is 1. The van der Waals surface area contributed by atoms with Gasteiger partial charge in [0.05, 0.1) is 13.7 Å². The molecular formula is C14H22N2O2. The molecule has 0 fully saturated rings. The molecule has 1 aromatic carbocycles. The molecule has 2 rings (SSSR count). The second-order valence-corrected chi connectivity index (χ2v) is 4.95. The highest BCUT2D eigenvalue weighted by Gasteiger charge is 2.32. The minimum absolute atomic E-state index is 0.0813. The average molecular weight is 250 g/mol. The lowest BCUT2D eigenvalue weighted by atomic mass is 9.78. The van der Waals surface area contributed by atoms with Crippen molar-refractivity contribution in [3.63, 3.8) is 0 Å². The van der Waals surface area contributed by atoms with Gasteiger partial charge in [0, 0.05) is 18.6 Å².